The Labute approximate surface area is 113 Å². The van der Waals surface area contributed by atoms with Crippen molar-refractivity contribution in [3.63, 3.8) is 0 Å². The number of ketones is 1. The average Bonchev–Trinajstić information content (AvgIpc) is 2.42. The molecule has 1 aromatic rings. The number of aliphatic carboxylic acids is 1. The average molecular weight is 280 g/mol. The molecule has 0 amide bonds. The number of carbonyl (C=O) groups excluding carboxylic acids is 3. The summed E-state index contributed by atoms with van der Waals surface area (Å²) in [7, 11) is 0. The Balaban J connectivity index is 2.46. The molecule has 0 saturated carbocycles. The first-order valence-electron chi connectivity index (χ1n) is 5.53. The summed E-state index contributed by atoms with van der Waals surface area (Å²) >= 11 is 0. The number of non-ortho nitro benzene ring substituents is 1. The van der Waals surface area contributed by atoms with E-state index >= 15 is 0 Å². The van der Waals surface area contributed by atoms with E-state index in [9.17, 15) is 29.6 Å². The summed E-state index contributed by atoms with van der Waals surface area (Å²) in [5.41, 5.74) is 0.363. The highest BCUT2D eigenvalue weighted by Gasteiger charge is 2.15. The standard InChI is InChI=1S/C12H11NO7/c14-10(5-6-11(15)16)12(17)20-7-8-1-3-9(4-2-8)13(18)19/h1-4H,5-7H2,(H,15,16)/p-1. The summed E-state index contributed by atoms with van der Waals surface area (Å²) in [5, 5.41) is 20.5. The topological polar surface area (TPSA) is 127 Å². The quantitative estimate of drug-likeness (QED) is 0.291. The molecular formula is C12H10NO7-. The molecule has 0 N–H and O–H groups in total. The van der Waals surface area contributed by atoms with Gasteiger partial charge in [-0.15, -0.1) is 0 Å². The number of ether oxygens (including phenoxy) is 1. The van der Waals surface area contributed by atoms with Crippen molar-refractivity contribution in [1.29, 1.82) is 0 Å². The molecule has 0 radical (unpaired) electrons. The maximum Gasteiger partial charge on any atom is 0.374 e. The number of carbonyl (C=O) groups is 3. The van der Waals surface area contributed by atoms with Gasteiger partial charge in [-0.05, 0) is 24.1 Å². The maximum atomic E-state index is 11.2. The molecule has 0 saturated heterocycles. The molecule has 106 valence electrons. The van der Waals surface area contributed by atoms with Crippen molar-refractivity contribution in [1.82, 2.24) is 0 Å². The molecule has 1 rings (SSSR count). The minimum atomic E-state index is -1.43. The summed E-state index contributed by atoms with van der Waals surface area (Å²) < 4.78 is 4.65. The Bertz CT molecular complexity index is 535. The molecule has 8 nitrogen and oxygen atoms in total. The highest BCUT2D eigenvalue weighted by molar-refractivity contribution is 6.33. The number of rotatable bonds is 7. The number of nitrogens with zero attached hydrogens (tertiary/aromatic N) is 1. The van der Waals surface area contributed by atoms with Gasteiger partial charge in [0.15, 0.2) is 0 Å². The molecule has 0 heterocycles. The molecule has 8 heteroatoms. The second kappa shape index (κ2) is 6.98. The number of esters is 1. The number of nitro groups is 1. The van der Waals surface area contributed by atoms with E-state index in [2.05, 4.69) is 4.74 Å². The molecule has 0 aromatic heterocycles. The smallest absolute Gasteiger partial charge is 0.374 e. The van der Waals surface area contributed by atoms with Gasteiger partial charge in [0.1, 0.15) is 6.61 Å². The van der Waals surface area contributed by atoms with Crippen LogP contribution in [-0.2, 0) is 25.7 Å². The van der Waals surface area contributed by atoms with Crippen LogP contribution >= 0.6 is 0 Å². The van der Waals surface area contributed by atoms with Crippen molar-refractivity contribution < 1.29 is 29.2 Å². The largest absolute Gasteiger partial charge is 0.550 e. The van der Waals surface area contributed by atoms with Crippen LogP contribution in [0.5, 0.6) is 0 Å². The summed E-state index contributed by atoms with van der Waals surface area (Å²) in [6, 6.07) is 5.25. The molecule has 0 aliphatic carbocycles. The van der Waals surface area contributed by atoms with Gasteiger partial charge in [-0.3, -0.25) is 14.9 Å². The van der Waals surface area contributed by atoms with E-state index in [0.717, 1.165) is 0 Å². The lowest BCUT2D eigenvalue weighted by molar-refractivity contribution is -0.384. The molecule has 0 fully saturated rings. The molecule has 20 heavy (non-hydrogen) atoms. The molecule has 1 aromatic carbocycles. The molecule has 0 atom stereocenters. The third-order valence-corrected chi connectivity index (χ3v) is 2.30. The van der Waals surface area contributed by atoms with Crippen molar-refractivity contribution in [3.8, 4) is 0 Å². The van der Waals surface area contributed by atoms with Crippen molar-refractivity contribution in [2.75, 3.05) is 0 Å². The first-order valence-corrected chi connectivity index (χ1v) is 5.53. The Morgan fingerprint density at radius 3 is 2.20 bits per heavy atom. The normalized spacial score (nSPS) is 9.80. The van der Waals surface area contributed by atoms with Crippen molar-refractivity contribution in [2.24, 2.45) is 0 Å². The van der Waals surface area contributed by atoms with Gasteiger partial charge in [0, 0.05) is 24.5 Å². The first kappa shape index (κ1) is 15.3. The lowest BCUT2D eigenvalue weighted by atomic mass is 10.2. The molecule has 0 unspecified atom stereocenters. The number of carboxylic acids is 1. The van der Waals surface area contributed by atoms with Gasteiger partial charge in [-0.25, -0.2) is 4.79 Å². The van der Waals surface area contributed by atoms with Crippen LogP contribution in [0.4, 0.5) is 5.69 Å². The van der Waals surface area contributed by atoms with E-state index in [1.165, 1.54) is 24.3 Å². The van der Waals surface area contributed by atoms with Crippen molar-refractivity contribution in [2.45, 2.75) is 19.4 Å². The van der Waals surface area contributed by atoms with Gasteiger partial charge in [0.05, 0.1) is 4.92 Å². The van der Waals surface area contributed by atoms with Crippen molar-refractivity contribution in [3.05, 3.63) is 39.9 Å². The second-order valence-electron chi connectivity index (χ2n) is 3.79. The van der Waals surface area contributed by atoms with Crippen LogP contribution in [0.3, 0.4) is 0 Å². The second-order valence-corrected chi connectivity index (χ2v) is 3.79. The lowest BCUT2D eigenvalue weighted by Crippen LogP contribution is -2.25. The minimum absolute atomic E-state index is 0.106. The van der Waals surface area contributed by atoms with E-state index in [1.54, 1.807) is 0 Å². The fourth-order valence-corrected chi connectivity index (χ4v) is 1.26. The number of hydrogen-bond donors (Lipinski definition) is 0. The van der Waals surface area contributed by atoms with E-state index < -0.39 is 35.5 Å². The SMILES string of the molecule is O=C([O-])CCC(=O)C(=O)OCc1ccc([N+](=O)[O-])cc1. The number of carboxylic acid groups (broad SMARTS) is 1. The molecular weight excluding hydrogens is 270 g/mol. The summed E-state index contributed by atoms with van der Waals surface area (Å²) in [4.78, 5) is 42.3. The van der Waals surface area contributed by atoms with E-state index in [4.69, 9.17) is 0 Å². The number of benzene rings is 1. The highest BCUT2D eigenvalue weighted by Crippen LogP contribution is 2.12. The van der Waals surface area contributed by atoms with Gasteiger partial charge in [0.25, 0.3) is 5.69 Å². The van der Waals surface area contributed by atoms with Gasteiger partial charge < -0.3 is 14.6 Å². The van der Waals surface area contributed by atoms with Crippen LogP contribution in [-0.4, -0.2) is 22.6 Å². The Morgan fingerprint density at radius 2 is 1.70 bits per heavy atom. The molecule has 0 spiro atoms. The van der Waals surface area contributed by atoms with Gasteiger partial charge in [-0.1, -0.05) is 0 Å². The predicted molar refractivity (Wildman–Crippen MR) is 62.1 cm³/mol. The number of Topliss-reactive ketones (excluding diaryl/α,β-unsaturated/α-hetero) is 1. The van der Waals surface area contributed by atoms with E-state index in [0.29, 0.717) is 5.56 Å². The Morgan fingerprint density at radius 1 is 1.10 bits per heavy atom. The zero-order valence-electron chi connectivity index (χ0n) is 10.2. The van der Waals surface area contributed by atoms with Crippen LogP contribution in [0.25, 0.3) is 0 Å². The Hall–Kier alpha value is -2.77. The predicted octanol–water partition coefficient (Wildman–Crippen LogP) is -0.263. The van der Waals surface area contributed by atoms with Crippen LogP contribution in [0.1, 0.15) is 18.4 Å². The highest BCUT2D eigenvalue weighted by atomic mass is 16.6. The zero-order valence-corrected chi connectivity index (χ0v) is 10.2. The van der Waals surface area contributed by atoms with Crippen LogP contribution in [0.2, 0.25) is 0 Å². The van der Waals surface area contributed by atoms with Crippen LogP contribution in [0.15, 0.2) is 24.3 Å². The maximum absolute atomic E-state index is 11.2. The lowest BCUT2D eigenvalue weighted by Gasteiger charge is -2.04. The van der Waals surface area contributed by atoms with Gasteiger partial charge >= 0.3 is 5.97 Å². The molecule has 0 aliphatic heterocycles. The fraction of sp³-hybridized carbons (Fsp3) is 0.250. The number of hydrogen-bond acceptors (Lipinski definition) is 7. The summed E-state index contributed by atoms with van der Waals surface area (Å²) in [5.74, 6) is -3.54. The third-order valence-electron chi connectivity index (χ3n) is 2.30. The monoisotopic (exact) mass is 280 g/mol. The molecule has 0 aliphatic rings. The van der Waals surface area contributed by atoms with E-state index in [-0.39, 0.29) is 12.3 Å². The molecule has 0 bridgehead atoms. The zero-order chi connectivity index (χ0) is 15.1. The number of nitro benzene ring substituents is 1. The first-order chi connectivity index (χ1) is 9.40. The fourth-order valence-electron chi connectivity index (χ4n) is 1.26. The van der Waals surface area contributed by atoms with E-state index in [1.807, 2.05) is 0 Å². The van der Waals surface area contributed by atoms with Gasteiger partial charge in [0.2, 0.25) is 5.78 Å². The summed E-state index contributed by atoms with van der Waals surface area (Å²) in [6.07, 6.45) is -1.03. The summed E-state index contributed by atoms with van der Waals surface area (Å²) in [6.45, 7) is -0.228. The Kier molecular flexibility index (Phi) is 5.33. The van der Waals surface area contributed by atoms with Gasteiger partial charge in [-0.2, -0.15) is 0 Å². The minimum Gasteiger partial charge on any atom is -0.550 e. The third kappa shape index (κ3) is 4.84. The van der Waals surface area contributed by atoms with Crippen LogP contribution < -0.4 is 5.11 Å². The van der Waals surface area contributed by atoms with Crippen molar-refractivity contribution >= 4 is 23.4 Å². The van der Waals surface area contributed by atoms with Crippen LogP contribution in [0, 0.1) is 10.1 Å².